The minimum absolute atomic E-state index is 0.0293. The van der Waals surface area contributed by atoms with Crippen LogP contribution in [0.4, 0.5) is 0 Å². The SMILES string of the molecule is CCCCCC(CC)OC(=O)C(=Cc1ccccc1)OC.CCCCCCCCCC(C)C. The van der Waals surface area contributed by atoms with Crippen LogP contribution in [0.15, 0.2) is 36.1 Å². The Bertz CT molecular complexity index is 592. The molecule has 190 valence electrons. The van der Waals surface area contributed by atoms with Gasteiger partial charge in [-0.1, -0.05) is 129 Å². The van der Waals surface area contributed by atoms with E-state index in [1.807, 2.05) is 37.3 Å². The van der Waals surface area contributed by atoms with E-state index in [2.05, 4.69) is 27.7 Å². The summed E-state index contributed by atoms with van der Waals surface area (Å²) < 4.78 is 10.7. The van der Waals surface area contributed by atoms with E-state index in [0.29, 0.717) is 0 Å². The number of hydrogen-bond acceptors (Lipinski definition) is 3. The predicted molar refractivity (Wildman–Crippen MR) is 143 cm³/mol. The monoisotopic (exact) mass is 460 g/mol. The van der Waals surface area contributed by atoms with Crippen LogP contribution in [-0.4, -0.2) is 19.2 Å². The van der Waals surface area contributed by atoms with E-state index in [-0.39, 0.29) is 17.8 Å². The lowest BCUT2D eigenvalue weighted by Crippen LogP contribution is -2.19. The van der Waals surface area contributed by atoms with Crippen LogP contribution in [0, 0.1) is 5.92 Å². The van der Waals surface area contributed by atoms with E-state index < -0.39 is 0 Å². The van der Waals surface area contributed by atoms with E-state index in [9.17, 15) is 4.79 Å². The Morgan fingerprint density at radius 1 is 0.818 bits per heavy atom. The number of unbranched alkanes of at least 4 members (excludes halogenated alkanes) is 8. The molecular formula is C30H52O3. The fraction of sp³-hybridized carbons (Fsp3) is 0.700. The zero-order valence-corrected chi connectivity index (χ0v) is 22.5. The number of benzene rings is 1. The minimum Gasteiger partial charge on any atom is -0.490 e. The average molecular weight is 461 g/mol. The van der Waals surface area contributed by atoms with Crippen molar-refractivity contribution < 1.29 is 14.3 Å². The molecule has 0 bridgehead atoms. The molecule has 0 aliphatic rings. The highest BCUT2D eigenvalue weighted by atomic mass is 16.6. The Morgan fingerprint density at radius 2 is 1.36 bits per heavy atom. The molecule has 1 aromatic rings. The second-order valence-corrected chi connectivity index (χ2v) is 9.36. The molecule has 0 aliphatic carbocycles. The van der Waals surface area contributed by atoms with Gasteiger partial charge in [-0.2, -0.15) is 0 Å². The van der Waals surface area contributed by atoms with Crippen LogP contribution in [0.3, 0.4) is 0 Å². The number of methoxy groups -OCH3 is 1. The van der Waals surface area contributed by atoms with Gasteiger partial charge in [0.05, 0.1) is 7.11 Å². The molecule has 1 atom stereocenters. The van der Waals surface area contributed by atoms with E-state index in [1.54, 1.807) is 6.08 Å². The molecule has 0 aliphatic heterocycles. The maximum atomic E-state index is 12.2. The molecule has 0 saturated carbocycles. The van der Waals surface area contributed by atoms with Crippen molar-refractivity contribution in [3.8, 4) is 0 Å². The summed E-state index contributed by atoms with van der Waals surface area (Å²) in [5.74, 6) is 0.764. The van der Waals surface area contributed by atoms with E-state index in [0.717, 1.165) is 30.7 Å². The zero-order valence-electron chi connectivity index (χ0n) is 22.5. The molecule has 0 radical (unpaired) electrons. The fourth-order valence-electron chi connectivity index (χ4n) is 3.59. The third-order valence-corrected chi connectivity index (χ3v) is 5.76. The second kappa shape index (κ2) is 22.0. The van der Waals surface area contributed by atoms with Crippen LogP contribution in [0.2, 0.25) is 0 Å². The lowest BCUT2D eigenvalue weighted by Gasteiger charge is -2.16. The molecule has 0 fully saturated rings. The fourth-order valence-corrected chi connectivity index (χ4v) is 3.59. The summed E-state index contributed by atoms with van der Waals surface area (Å²) in [6.07, 6.45) is 18.4. The van der Waals surface area contributed by atoms with Gasteiger partial charge in [0, 0.05) is 0 Å². The molecular weight excluding hydrogens is 408 g/mol. The first-order chi connectivity index (χ1) is 16.0. The van der Waals surface area contributed by atoms with Crippen molar-refractivity contribution in [1.82, 2.24) is 0 Å². The summed E-state index contributed by atoms with van der Waals surface area (Å²) >= 11 is 0. The van der Waals surface area contributed by atoms with Crippen LogP contribution < -0.4 is 0 Å². The first-order valence-corrected chi connectivity index (χ1v) is 13.5. The van der Waals surface area contributed by atoms with E-state index in [1.165, 1.54) is 71.3 Å². The molecule has 1 unspecified atom stereocenters. The van der Waals surface area contributed by atoms with Gasteiger partial charge in [0.15, 0.2) is 0 Å². The summed E-state index contributed by atoms with van der Waals surface area (Å²) in [4.78, 5) is 12.2. The molecule has 0 spiro atoms. The molecule has 0 saturated heterocycles. The van der Waals surface area contributed by atoms with Crippen LogP contribution in [-0.2, 0) is 14.3 Å². The number of rotatable bonds is 17. The third kappa shape index (κ3) is 18.4. The summed E-state index contributed by atoms with van der Waals surface area (Å²) in [6, 6.07) is 9.62. The van der Waals surface area contributed by atoms with Gasteiger partial charge < -0.3 is 9.47 Å². The van der Waals surface area contributed by atoms with Crippen molar-refractivity contribution in [2.24, 2.45) is 5.92 Å². The Kier molecular flexibility index (Phi) is 20.9. The highest BCUT2D eigenvalue weighted by Crippen LogP contribution is 2.15. The van der Waals surface area contributed by atoms with Gasteiger partial charge in [-0.25, -0.2) is 4.79 Å². The van der Waals surface area contributed by atoms with Gasteiger partial charge in [0.2, 0.25) is 5.76 Å². The highest BCUT2D eigenvalue weighted by molar-refractivity contribution is 5.91. The van der Waals surface area contributed by atoms with Crippen molar-refractivity contribution in [2.45, 2.75) is 124 Å². The van der Waals surface area contributed by atoms with Crippen molar-refractivity contribution in [3.05, 3.63) is 41.7 Å². The van der Waals surface area contributed by atoms with Crippen LogP contribution in [0.25, 0.3) is 6.08 Å². The average Bonchev–Trinajstić information content (AvgIpc) is 2.82. The smallest absolute Gasteiger partial charge is 0.373 e. The maximum Gasteiger partial charge on any atom is 0.373 e. The molecule has 0 heterocycles. The molecule has 0 aromatic heterocycles. The largest absolute Gasteiger partial charge is 0.490 e. The normalized spacial score (nSPS) is 12.2. The number of esters is 1. The van der Waals surface area contributed by atoms with Gasteiger partial charge in [-0.3, -0.25) is 0 Å². The highest BCUT2D eigenvalue weighted by Gasteiger charge is 2.17. The summed E-state index contributed by atoms with van der Waals surface area (Å²) in [5, 5.41) is 0. The summed E-state index contributed by atoms with van der Waals surface area (Å²) in [6.45, 7) is 11.1. The van der Waals surface area contributed by atoms with Gasteiger partial charge in [-0.15, -0.1) is 0 Å². The van der Waals surface area contributed by atoms with Gasteiger partial charge in [-0.05, 0) is 36.8 Å². The van der Waals surface area contributed by atoms with Gasteiger partial charge in [0.25, 0.3) is 0 Å². The van der Waals surface area contributed by atoms with Crippen LogP contribution in [0.5, 0.6) is 0 Å². The van der Waals surface area contributed by atoms with Crippen molar-refractivity contribution in [3.63, 3.8) is 0 Å². The Labute approximate surface area is 205 Å². The number of carbonyl (C=O) groups is 1. The Hall–Kier alpha value is -1.77. The molecule has 3 heteroatoms. The van der Waals surface area contributed by atoms with E-state index >= 15 is 0 Å². The van der Waals surface area contributed by atoms with Crippen molar-refractivity contribution in [2.75, 3.05) is 7.11 Å². The van der Waals surface area contributed by atoms with Crippen LogP contribution >= 0.6 is 0 Å². The maximum absolute atomic E-state index is 12.2. The number of ether oxygens (including phenoxy) is 2. The molecule has 1 rings (SSSR count). The Morgan fingerprint density at radius 3 is 1.91 bits per heavy atom. The quantitative estimate of drug-likeness (QED) is 0.100. The molecule has 3 nitrogen and oxygen atoms in total. The topological polar surface area (TPSA) is 35.5 Å². The van der Waals surface area contributed by atoms with Gasteiger partial charge >= 0.3 is 5.97 Å². The predicted octanol–water partition coefficient (Wildman–Crippen LogP) is 9.36. The van der Waals surface area contributed by atoms with Crippen LogP contribution in [0.1, 0.15) is 124 Å². The summed E-state index contributed by atoms with van der Waals surface area (Å²) in [7, 11) is 1.49. The molecule has 0 amide bonds. The van der Waals surface area contributed by atoms with E-state index in [4.69, 9.17) is 9.47 Å². The van der Waals surface area contributed by atoms with Crippen molar-refractivity contribution in [1.29, 1.82) is 0 Å². The lowest BCUT2D eigenvalue weighted by molar-refractivity contribution is -0.148. The molecule has 1 aromatic carbocycles. The molecule has 33 heavy (non-hydrogen) atoms. The zero-order chi connectivity index (χ0) is 24.7. The Balaban J connectivity index is 0.000000728. The second-order valence-electron chi connectivity index (χ2n) is 9.36. The third-order valence-electron chi connectivity index (χ3n) is 5.76. The standard InChI is InChI=1S/C18H26O3.C12H26/c1-4-6-8-13-16(5-2)21-18(19)17(20-3)14-15-11-9-7-10-12-15;1-4-5-6-7-8-9-10-11-12(2)3/h7,9-12,14,16H,4-6,8,13H2,1-3H3;12H,4-11H2,1-3H3. The number of hydrogen-bond donors (Lipinski definition) is 0. The molecule has 0 N–H and O–H groups in total. The first-order valence-electron chi connectivity index (χ1n) is 13.5. The minimum atomic E-state index is -0.385. The van der Waals surface area contributed by atoms with Crippen molar-refractivity contribution >= 4 is 12.0 Å². The number of carbonyl (C=O) groups excluding carboxylic acids is 1. The summed E-state index contributed by atoms with van der Waals surface area (Å²) in [5.41, 5.74) is 0.922. The lowest BCUT2D eigenvalue weighted by atomic mass is 10.0. The van der Waals surface area contributed by atoms with Gasteiger partial charge in [0.1, 0.15) is 6.10 Å². The first kappa shape index (κ1) is 31.2.